The summed E-state index contributed by atoms with van der Waals surface area (Å²) in [5, 5.41) is 18.9. The van der Waals surface area contributed by atoms with E-state index in [1.165, 1.54) is 20.0 Å². The van der Waals surface area contributed by atoms with Crippen LogP contribution >= 0.6 is 0 Å². The molecule has 1 amide bonds. The topological polar surface area (TPSA) is 75.1 Å². The third kappa shape index (κ3) is 2.79. The largest absolute Gasteiger partial charge is 0.381 e. The monoisotopic (exact) mass is 181 g/mol. The molecule has 13 heavy (non-hydrogen) atoms. The van der Waals surface area contributed by atoms with Crippen molar-refractivity contribution in [3.63, 3.8) is 0 Å². The quantitative estimate of drug-likeness (QED) is 0.682. The molecule has 1 heterocycles. The number of carbonyl (C=O) groups is 1. The first-order chi connectivity index (χ1) is 6.00. The van der Waals surface area contributed by atoms with E-state index in [0.29, 0.717) is 5.82 Å². The van der Waals surface area contributed by atoms with Gasteiger partial charge in [-0.3, -0.25) is 4.79 Å². The molecular weight excluding hydrogens is 170 g/mol. The summed E-state index contributed by atoms with van der Waals surface area (Å²) in [7, 11) is 0. The Bertz CT molecular complexity index is 292. The second-order valence-electron chi connectivity index (χ2n) is 3.12. The summed E-state index contributed by atoms with van der Waals surface area (Å²) in [4.78, 5) is 11.2. The second-order valence-corrected chi connectivity index (χ2v) is 3.12. The van der Waals surface area contributed by atoms with Gasteiger partial charge >= 0.3 is 0 Å². The van der Waals surface area contributed by atoms with Crippen LogP contribution < -0.4 is 5.32 Å². The Hall–Kier alpha value is -1.49. The Morgan fingerprint density at radius 1 is 1.62 bits per heavy atom. The van der Waals surface area contributed by atoms with Gasteiger partial charge in [-0.1, -0.05) is 0 Å². The zero-order chi connectivity index (χ0) is 9.90. The van der Waals surface area contributed by atoms with Crippen molar-refractivity contribution in [3.05, 3.63) is 18.3 Å². The van der Waals surface area contributed by atoms with E-state index >= 15 is 0 Å². The molecule has 0 fully saturated rings. The molecule has 0 aliphatic carbocycles. The van der Waals surface area contributed by atoms with E-state index < -0.39 is 11.5 Å². The average Bonchev–Trinajstić information content (AvgIpc) is 2.04. The average molecular weight is 181 g/mol. The Morgan fingerprint density at radius 3 is 2.77 bits per heavy atom. The van der Waals surface area contributed by atoms with E-state index in [4.69, 9.17) is 0 Å². The number of anilines is 1. The maximum Gasteiger partial charge on any atom is 0.256 e. The maximum absolute atomic E-state index is 11.2. The first-order valence-electron chi connectivity index (χ1n) is 3.81. The van der Waals surface area contributed by atoms with Crippen LogP contribution in [0.25, 0.3) is 0 Å². The number of nitrogens with zero attached hydrogens (tertiary/aromatic N) is 2. The van der Waals surface area contributed by atoms with E-state index in [0.717, 1.165) is 0 Å². The molecule has 2 N–H and O–H groups in total. The van der Waals surface area contributed by atoms with Crippen LogP contribution in [0.15, 0.2) is 18.3 Å². The fourth-order valence-electron chi connectivity index (χ4n) is 0.637. The third-order valence-electron chi connectivity index (χ3n) is 1.37. The molecular formula is C8H11N3O2. The molecule has 0 radical (unpaired) electrons. The molecule has 5 nitrogen and oxygen atoms in total. The van der Waals surface area contributed by atoms with Gasteiger partial charge in [0, 0.05) is 6.20 Å². The molecule has 0 spiro atoms. The van der Waals surface area contributed by atoms with Crippen LogP contribution in [0.4, 0.5) is 5.82 Å². The minimum atomic E-state index is -1.41. The molecule has 0 aromatic carbocycles. The van der Waals surface area contributed by atoms with Crippen molar-refractivity contribution in [3.8, 4) is 0 Å². The molecule has 0 aliphatic heterocycles. The lowest BCUT2D eigenvalue weighted by Crippen LogP contribution is -2.36. The summed E-state index contributed by atoms with van der Waals surface area (Å²) in [6, 6.07) is 3.24. The lowest BCUT2D eigenvalue weighted by Gasteiger charge is -2.15. The zero-order valence-corrected chi connectivity index (χ0v) is 7.48. The van der Waals surface area contributed by atoms with Crippen LogP contribution in [-0.4, -0.2) is 26.8 Å². The Labute approximate surface area is 75.8 Å². The van der Waals surface area contributed by atoms with Gasteiger partial charge < -0.3 is 10.4 Å². The van der Waals surface area contributed by atoms with Crippen molar-refractivity contribution in [1.29, 1.82) is 0 Å². The van der Waals surface area contributed by atoms with Gasteiger partial charge in [0.15, 0.2) is 5.82 Å². The zero-order valence-electron chi connectivity index (χ0n) is 7.48. The standard InChI is InChI=1S/C8H11N3O2/c1-8(2,13)7(12)10-6-4-3-5-9-11-6/h3-5,13H,1-2H3,(H,10,11,12). The lowest BCUT2D eigenvalue weighted by molar-refractivity contribution is -0.130. The third-order valence-corrected chi connectivity index (χ3v) is 1.37. The van der Waals surface area contributed by atoms with E-state index in [-0.39, 0.29) is 0 Å². The number of hydrogen-bond donors (Lipinski definition) is 2. The normalized spacial score (nSPS) is 11.0. The van der Waals surface area contributed by atoms with Gasteiger partial charge in [0.2, 0.25) is 0 Å². The molecule has 5 heteroatoms. The van der Waals surface area contributed by atoms with Crippen molar-refractivity contribution in [2.24, 2.45) is 0 Å². The van der Waals surface area contributed by atoms with Crippen LogP contribution in [0.3, 0.4) is 0 Å². The molecule has 0 saturated heterocycles. The first-order valence-corrected chi connectivity index (χ1v) is 3.81. The Balaban J connectivity index is 2.66. The highest BCUT2D eigenvalue weighted by Crippen LogP contribution is 2.05. The minimum absolute atomic E-state index is 0.328. The van der Waals surface area contributed by atoms with Crippen LogP contribution in [-0.2, 0) is 4.79 Å². The Morgan fingerprint density at radius 2 is 2.31 bits per heavy atom. The van der Waals surface area contributed by atoms with Crippen molar-refractivity contribution in [2.45, 2.75) is 19.4 Å². The van der Waals surface area contributed by atoms with Gasteiger partial charge in [0.1, 0.15) is 5.60 Å². The minimum Gasteiger partial charge on any atom is -0.381 e. The maximum atomic E-state index is 11.2. The number of amides is 1. The molecule has 70 valence electrons. The van der Waals surface area contributed by atoms with E-state index in [2.05, 4.69) is 15.5 Å². The number of rotatable bonds is 2. The smallest absolute Gasteiger partial charge is 0.256 e. The van der Waals surface area contributed by atoms with Gasteiger partial charge in [0.05, 0.1) is 0 Å². The first kappa shape index (κ1) is 9.60. The molecule has 1 rings (SSSR count). The second kappa shape index (κ2) is 3.49. The number of carbonyl (C=O) groups excluding carboxylic acids is 1. The highest BCUT2D eigenvalue weighted by atomic mass is 16.3. The SMILES string of the molecule is CC(C)(O)C(=O)Nc1cccnn1. The van der Waals surface area contributed by atoms with Gasteiger partial charge in [-0.25, -0.2) is 0 Å². The van der Waals surface area contributed by atoms with E-state index in [1.807, 2.05) is 0 Å². The molecule has 0 saturated carbocycles. The summed E-state index contributed by atoms with van der Waals surface area (Å²) in [6.07, 6.45) is 1.50. The molecule has 0 unspecified atom stereocenters. The van der Waals surface area contributed by atoms with Gasteiger partial charge in [-0.2, -0.15) is 5.10 Å². The van der Waals surface area contributed by atoms with Crippen molar-refractivity contribution >= 4 is 11.7 Å². The molecule has 0 bridgehead atoms. The summed E-state index contributed by atoms with van der Waals surface area (Å²) < 4.78 is 0. The highest BCUT2D eigenvalue weighted by molar-refractivity contribution is 5.95. The van der Waals surface area contributed by atoms with Gasteiger partial charge in [-0.05, 0) is 26.0 Å². The van der Waals surface area contributed by atoms with Crippen LogP contribution in [0.5, 0.6) is 0 Å². The molecule has 0 aliphatic rings. The van der Waals surface area contributed by atoms with Crippen LogP contribution in [0.2, 0.25) is 0 Å². The van der Waals surface area contributed by atoms with Gasteiger partial charge in [-0.15, -0.1) is 5.10 Å². The van der Waals surface area contributed by atoms with Crippen molar-refractivity contribution < 1.29 is 9.90 Å². The molecule has 1 aromatic heterocycles. The number of nitrogens with one attached hydrogen (secondary N) is 1. The predicted octanol–water partition coefficient (Wildman–Crippen LogP) is 0.186. The summed E-state index contributed by atoms with van der Waals surface area (Å²) in [5.41, 5.74) is -1.41. The van der Waals surface area contributed by atoms with E-state index in [1.54, 1.807) is 12.1 Å². The summed E-state index contributed by atoms with van der Waals surface area (Å²) >= 11 is 0. The van der Waals surface area contributed by atoms with Crippen LogP contribution in [0.1, 0.15) is 13.8 Å². The Kier molecular flexibility index (Phi) is 2.57. The molecule has 1 aromatic rings. The van der Waals surface area contributed by atoms with E-state index in [9.17, 15) is 9.90 Å². The van der Waals surface area contributed by atoms with Gasteiger partial charge in [0.25, 0.3) is 5.91 Å². The number of hydrogen-bond acceptors (Lipinski definition) is 4. The summed E-state index contributed by atoms with van der Waals surface area (Å²) in [6.45, 7) is 2.80. The van der Waals surface area contributed by atoms with Crippen LogP contribution in [0, 0.1) is 0 Å². The fraction of sp³-hybridized carbons (Fsp3) is 0.375. The molecule has 0 atom stereocenters. The summed E-state index contributed by atoms with van der Waals surface area (Å²) in [5.74, 6) is -0.178. The highest BCUT2D eigenvalue weighted by Gasteiger charge is 2.23. The fourth-order valence-corrected chi connectivity index (χ4v) is 0.637. The van der Waals surface area contributed by atoms with Crippen molar-refractivity contribution in [1.82, 2.24) is 10.2 Å². The lowest BCUT2D eigenvalue weighted by atomic mass is 10.1. The number of aromatic nitrogens is 2. The van der Waals surface area contributed by atoms with Crippen molar-refractivity contribution in [2.75, 3.05) is 5.32 Å². The predicted molar refractivity (Wildman–Crippen MR) is 47.0 cm³/mol. The number of aliphatic hydroxyl groups is 1.